The maximum atomic E-state index is 13.9. The number of aromatic nitrogens is 1. The van der Waals surface area contributed by atoms with Gasteiger partial charge in [0.25, 0.3) is 5.91 Å². The zero-order chi connectivity index (χ0) is 28.7. The summed E-state index contributed by atoms with van der Waals surface area (Å²) >= 11 is 0. The molecular weight excluding hydrogens is 494 g/mol. The molecule has 0 radical (unpaired) electrons. The normalized spacial score (nSPS) is 11.5. The summed E-state index contributed by atoms with van der Waals surface area (Å²) in [5, 5.41) is 1.18. The highest BCUT2D eigenvalue weighted by molar-refractivity contribution is 5.96. The molecule has 0 aliphatic heterocycles. The van der Waals surface area contributed by atoms with E-state index in [1.54, 1.807) is 4.90 Å². The Balaban J connectivity index is 1.54. The Morgan fingerprint density at radius 2 is 1.55 bits per heavy atom. The van der Waals surface area contributed by atoms with Gasteiger partial charge in [-0.1, -0.05) is 94.3 Å². The minimum absolute atomic E-state index is 0.0146. The number of hydrogen-bond donors (Lipinski definition) is 1. The van der Waals surface area contributed by atoms with Gasteiger partial charge in [0.1, 0.15) is 6.54 Å². The summed E-state index contributed by atoms with van der Waals surface area (Å²) in [4.78, 5) is 34.4. The van der Waals surface area contributed by atoms with Crippen molar-refractivity contribution in [2.75, 3.05) is 19.6 Å². The Labute approximate surface area is 239 Å². The Bertz CT molecular complexity index is 1410. The molecular formula is C35H43N3O2. The zero-order valence-electron chi connectivity index (χ0n) is 24.7. The van der Waals surface area contributed by atoms with Crippen LogP contribution in [0, 0.1) is 6.92 Å². The van der Waals surface area contributed by atoms with E-state index in [0.717, 1.165) is 30.3 Å². The van der Waals surface area contributed by atoms with Gasteiger partial charge in [0.2, 0.25) is 5.91 Å². The highest BCUT2D eigenvalue weighted by Crippen LogP contribution is 2.23. The van der Waals surface area contributed by atoms with E-state index in [1.165, 1.54) is 22.1 Å². The van der Waals surface area contributed by atoms with Crippen molar-refractivity contribution in [3.8, 4) is 0 Å². The molecule has 5 heteroatoms. The third kappa shape index (κ3) is 7.41. The van der Waals surface area contributed by atoms with Gasteiger partial charge in [-0.2, -0.15) is 0 Å². The molecule has 5 nitrogen and oxygen atoms in total. The molecule has 0 saturated heterocycles. The number of nitrogens with zero attached hydrogens (tertiary/aromatic N) is 2. The molecule has 4 rings (SSSR count). The van der Waals surface area contributed by atoms with Crippen LogP contribution in [0.5, 0.6) is 0 Å². The number of rotatable bonds is 11. The third-order valence-electron chi connectivity index (χ3n) is 7.57. The lowest BCUT2D eigenvalue weighted by Gasteiger charge is -2.28. The van der Waals surface area contributed by atoms with Crippen LogP contribution in [0.4, 0.5) is 0 Å². The molecule has 3 aromatic carbocycles. The molecule has 1 aromatic heterocycles. The van der Waals surface area contributed by atoms with Crippen LogP contribution in [-0.4, -0.2) is 46.2 Å². The SMILES string of the molecule is CCCCN(CC(=O)N(CCc1c[nH]c2ccccc12)Cc1ccc(C)cc1)C(=O)c1ccc(C(C)(C)C)cc1. The number of benzene rings is 3. The molecule has 0 atom stereocenters. The summed E-state index contributed by atoms with van der Waals surface area (Å²) in [5.74, 6) is -0.120. The summed E-state index contributed by atoms with van der Waals surface area (Å²) in [5.41, 5.74) is 6.39. The van der Waals surface area contributed by atoms with Gasteiger partial charge in [-0.25, -0.2) is 0 Å². The molecule has 0 aliphatic carbocycles. The van der Waals surface area contributed by atoms with Gasteiger partial charge in [-0.15, -0.1) is 0 Å². The van der Waals surface area contributed by atoms with E-state index >= 15 is 0 Å². The van der Waals surface area contributed by atoms with Crippen molar-refractivity contribution >= 4 is 22.7 Å². The fourth-order valence-electron chi connectivity index (χ4n) is 4.96. The van der Waals surface area contributed by atoms with Crippen LogP contribution in [0.25, 0.3) is 10.9 Å². The molecule has 40 heavy (non-hydrogen) atoms. The summed E-state index contributed by atoms with van der Waals surface area (Å²) in [6.07, 6.45) is 4.58. The number of unbranched alkanes of at least 4 members (excludes halogenated alkanes) is 1. The predicted molar refractivity (Wildman–Crippen MR) is 165 cm³/mol. The molecule has 0 spiro atoms. The predicted octanol–water partition coefficient (Wildman–Crippen LogP) is 7.29. The number of fused-ring (bicyclic) bond motifs is 1. The van der Waals surface area contributed by atoms with E-state index in [9.17, 15) is 9.59 Å². The summed E-state index contributed by atoms with van der Waals surface area (Å²) in [6.45, 7) is 12.4. The maximum absolute atomic E-state index is 13.9. The minimum Gasteiger partial charge on any atom is -0.361 e. The molecule has 0 bridgehead atoms. The van der Waals surface area contributed by atoms with Crippen LogP contribution < -0.4 is 0 Å². The van der Waals surface area contributed by atoms with Crippen molar-refractivity contribution < 1.29 is 9.59 Å². The number of para-hydroxylation sites is 1. The number of amides is 2. The first-order chi connectivity index (χ1) is 19.2. The molecule has 0 saturated carbocycles. The molecule has 0 fully saturated rings. The Morgan fingerprint density at radius 3 is 2.23 bits per heavy atom. The van der Waals surface area contributed by atoms with Crippen molar-refractivity contribution in [3.63, 3.8) is 0 Å². The lowest BCUT2D eigenvalue weighted by atomic mass is 9.86. The quantitative estimate of drug-likeness (QED) is 0.218. The third-order valence-corrected chi connectivity index (χ3v) is 7.57. The second-order valence-corrected chi connectivity index (χ2v) is 11.8. The van der Waals surface area contributed by atoms with E-state index in [1.807, 2.05) is 47.5 Å². The summed E-state index contributed by atoms with van der Waals surface area (Å²) < 4.78 is 0. The molecule has 0 aliphatic rings. The van der Waals surface area contributed by atoms with Crippen LogP contribution in [0.1, 0.15) is 73.1 Å². The smallest absolute Gasteiger partial charge is 0.254 e. The van der Waals surface area contributed by atoms with Crippen molar-refractivity contribution in [1.82, 2.24) is 14.8 Å². The van der Waals surface area contributed by atoms with Crippen LogP contribution in [0.15, 0.2) is 79.0 Å². The number of carbonyl (C=O) groups is 2. The summed E-state index contributed by atoms with van der Waals surface area (Å²) in [6, 6.07) is 24.4. The van der Waals surface area contributed by atoms with Gasteiger partial charge in [0.05, 0.1) is 0 Å². The van der Waals surface area contributed by atoms with Gasteiger partial charge < -0.3 is 14.8 Å². The molecule has 4 aromatic rings. The van der Waals surface area contributed by atoms with Crippen LogP contribution in [-0.2, 0) is 23.2 Å². The lowest BCUT2D eigenvalue weighted by Crippen LogP contribution is -2.43. The lowest BCUT2D eigenvalue weighted by molar-refractivity contribution is -0.132. The second-order valence-electron chi connectivity index (χ2n) is 11.8. The molecule has 2 amide bonds. The molecule has 1 heterocycles. The van der Waals surface area contributed by atoms with Gasteiger partial charge >= 0.3 is 0 Å². The van der Waals surface area contributed by atoms with Crippen LogP contribution in [0.2, 0.25) is 0 Å². The second kappa shape index (κ2) is 13.0. The number of aryl methyl sites for hydroxylation is 1. The van der Waals surface area contributed by atoms with Gasteiger partial charge in [0.15, 0.2) is 0 Å². The monoisotopic (exact) mass is 537 g/mol. The maximum Gasteiger partial charge on any atom is 0.254 e. The first-order valence-corrected chi connectivity index (χ1v) is 14.4. The zero-order valence-corrected chi connectivity index (χ0v) is 24.7. The van der Waals surface area contributed by atoms with Crippen molar-refractivity contribution in [2.45, 2.75) is 65.8 Å². The number of nitrogens with one attached hydrogen (secondary N) is 1. The molecule has 0 unspecified atom stereocenters. The summed E-state index contributed by atoms with van der Waals surface area (Å²) in [7, 11) is 0. The Kier molecular flexibility index (Phi) is 9.46. The van der Waals surface area contributed by atoms with E-state index in [2.05, 4.69) is 76.0 Å². The van der Waals surface area contributed by atoms with Gasteiger partial charge in [0, 0.05) is 42.3 Å². The van der Waals surface area contributed by atoms with Gasteiger partial charge in [-0.3, -0.25) is 9.59 Å². The standard InChI is InChI=1S/C35H43N3O2/c1-6-7-21-38(34(40)28-16-18-30(19-17-28)35(3,4)5)25-33(39)37(24-27-14-12-26(2)13-15-27)22-20-29-23-36-32-11-9-8-10-31(29)32/h8-19,23,36H,6-7,20-22,24-25H2,1-5H3. The van der Waals surface area contributed by atoms with E-state index < -0.39 is 0 Å². The van der Waals surface area contributed by atoms with E-state index in [-0.39, 0.29) is 23.8 Å². The van der Waals surface area contributed by atoms with Crippen LogP contribution >= 0.6 is 0 Å². The van der Waals surface area contributed by atoms with E-state index in [0.29, 0.717) is 25.2 Å². The highest BCUT2D eigenvalue weighted by Gasteiger charge is 2.23. The highest BCUT2D eigenvalue weighted by atomic mass is 16.2. The van der Waals surface area contributed by atoms with E-state index in [4.69, 9.17) is 0 Å². The van der Waals surface area contributed by atoms with Crippen molar-refractivity contribution in [2.24, 2.45) is 0 Å². The Morgan fingerprint density at radius 1 is 0.850 bits per heavy atom. The first-order valence-electron chi connectivity index (χ1n) is 14.4. The van der Waals surface area contributed by atoms with Gasteiger partial charge in [-0.05, 0) is 60.1 Å². The average molecular weight is 538 g/mol. The van der Waals surface area contributed by atoms with Crippen LogP contribution in [0.3, 0.4) is 0 Å². The molecule has 1 N–H and O–H groups in total. The first kappa shape index (κ1) is 29.1. The number of aromatic amines is 1. The fraction of sp³-hybridized carbons (Fsp3) is 0.371. The average Bonchev–Trinajstić information content (AvgIpc) is 3.36. The topological polar surface area (TPSA) is 56.4 Å². The largest absolute Gasteiger partial charge is 0.361 e. The van der Waals surface area contributed by atoms with Crippen molar-refractivity contribution in [3.05, 3.63) is 107 Å². The molecule has 210 valence electrons. The number of H-pyrrole nitrogens is 1. The van der Waals surface area contributed by atoms with Crippen molar-refractivity contribution in [1.29, 1.82) is 0 Å². The number of hydrogen-bond acceptors (Lipinski definition) is 2. The fourth-order valence-corrected chi connectivity index (χ4v) is 4.96. The Hall–Kier alpha value is -3.86. The minimum atomic E-state index is -0.0887. The number of carbonyl (C=O) groups excluding carboxylic acids is 2.